The molecule has 0 aliphatic carbocycles. The van der Waals surface area contributed by atoms with Crippen molar-refractivity contribution >= 4 is 45.6 Å². The number of rotatable bonds is 1. The number of hydrogen-bond acceptors (Lipinski definition) is 2. The first-order valence-electron chi connectivity index (χ1n) is 1.53. The lowest BCUT2D eigenvalue weighted by Crippen LogP contribution is -1.46. The molecule has 0 unspecified atom stereocenters. The summed E-state index contributed by atoms with van der Waals surface area (Å²) in [6, 6.07) is 0. The molecule has 0 nitrogen and oxygen atoms in total. The average molecular weight is 251 g/mol. The van der Waals surface area contributed by atoms with Crippen molar-refractivity contribution < 1.29 is 0 Å². The summed E-state index contributed by atoms with van der Waals surface area (Å²) in [5, 5.41) is 0. The Bertz CT molecular complexity index is 93.7. The van der Waals surface area contributed by atoms with Gasteiger partial charge in [-0.2, -0.15) is 0 Å². The lowest BCUT2D eigenvalue weighted by Gasteiger charge is -1.85. The van der Waals surface area contributed by atoms with Gasteiger partial charge in [0.25, 0.3) is 0 Å². The highest BCUT2D eigenvalue weighted by molar-refractivity contribution is 14.2. The molecule has 4 heteroatoms. The summed E-state index contributed by atoms with van der Waals surface area (Å²) in [6.45, 7) is 2.15. The molecule has 0 spiro atoms. The van der Waals surface area contributed by atoms with E-state index >= 15 is 0 Å². The maximum atomic E-state index is 4.88. The monoisotopic (exact) mass is 251 g/mol. The largest absolute Gasteiger partial charge is 0.324 e. The number of halogens is 1. The Morgan fingerprint density at radius 3 is 2.50 bits per heavy atom. The van der Waals surface area contributed by atoms with Crippen LogP contribution < -0.4 is 0 Å². The number of hydrogen-bond donors (Lipinski definition) is 0. The molecule has 0 saturated carbocycles. The molecular formula is C2H5IPS2-. The zero-order valence-corrected chi connectivity index (χ0v) is 8.03. The summed E-state index contributed by atoms with van der Waals surface area (Å²) in [5.41, 5.74) is 0. The van der Waals surface area contributed by atoms with Gasteiger partial charge >= 0.3 is 0 Å². The fourth-order valence-corrected chi connectivity index (χ4v) is 4.37. The van der Waals surface area contributed by atoms with E-state index in [0.717, 1.165) is 0 Å². The van der Waals surface area contributed by atoms with E-state index in [1.165, 1.54) is 13.5 Å². The molecule has 0 aromatic rings. The van der Waals surface area contributed by atoms with Gasteiger partial charge in [-0.1, -0.05) is 6.92 Å². The van der Waals surface area contributed by atoms with Crippen LogP contribution in [0.25, 0.3) is 0 Å². The van der Waals surface area contributed by atoms with Crippen molar-refractivity contribution in [2.75, 3.05) is 6.16 Å². The molecule has 0 aromatic heterocycles. The molecule has 0 atom stereocenters. The summed E-state index contributed by atoms with van der Waals surface area (Å²) in [7, 11) is 1.41. The van der Waals surface area contributed by atoms with Crippen LogP contribution in [0.4, 0.5) is 0 Å². The van der Waals surface area contributed by atoms with Crippen molar-refractivity contribution in [2.24, 2.45) is 0 Å². The fraction of sp³-hybridized carbons (Fsp3) is 1.00. The van der Waals surface area contributed by atoms with Crippen LogP contribution in [0.3, 0.4) is 0 Å². The Hall–Kier alpha value is 1.60. The van der Waals surface area contributed by atoms with Crippen molar-refractivity contribution in [3.05, 3.63) is 0 Å². The van der Waals surface area contributed by atoms with Crippen LogP contribution in [0, 0.1) is 0 Å². The molecule has 0 heterocycles. The third-order valence-corrected chi connectivity index (χ3v) is 5.53. The predicted octanol–water partition coefficient (Wildman–Crippen LogP) is 2.30. The van der Waals surface area contributed by atoms with Gasteiger partial charge in [0.2, 0.25) is 0 Å². The van der Waals surface area contributed by atoms with E-state index < -0.39 is 0 Å². The minimum Gasteiger partial charge on any atom is -0.324 e. The van der Waals surface area contributed by atoms with E-state index in [1.54, 1.807) is 0 Å². The lowest BCUT2D eigenvalue weighted by molar-refractivity contribution is 1.53. The summed E-state index contributed by atoms with van der Waals surface area (Å²) < 4.78 is 0. The highest BCUT2D eigenvalue weighted by Gasteiger charge is 1.47. The second kappa shape index (κ2) is 4.75. The Morgan fingerprint density at radius 2 is 2.50 bits per heavy atom. The molecule has 0 N–H and O–H groups in total. The van der Waals surface area contributed by atoms with Gasteiger partial charge in [0.1, 0.15) is 0 Å². The van der Waals surface area contributed by atoms with Gasteiger partial charge in [-0.15, -0.1) is 0 Å². The molecule has 38 valence electrons. The quantitative estimate of drug-likeness (QED) is 0.298. The normalized spacial score (nSPS) is 15.0. The van der Waals surface area contributed by atoms with E-state index in [4.69, 9.17) is 11.2 Å². The SMILES string of the molecule is CCP=[S-](=S)I. The lowest BCUT2D eigenvalue weighted by atomic mass is 11.0. The van der Waals surface area contributed by atoms with Crippen LogP contribution in [-0.2, 0) is 17.0 Å². The maximum Gasteiger partial charge on any atom is -0.0371 e. The predicted molar refractivity (Wildman–Crippen MR) is 46.2 cm³/mol. The van der Waals surface area contributed by atoms with Gasteiger partial charge in [0, 0.05) is 0 Å². The molecule has 6 heavy (non-hydrogen) atoms. The molecule has 0 amide bonds. The molecule has 0 radical (unpaired) electrons. The molecule has 0 fully saturated rings. The molecule has 0 aromatic carbocycles. The van der Waals surface area contributed by atoms with Gasteiger partial charge in [0.05, 0.1) is 0 Å². The van der Waals surface area contributed by atoms with Gasteiger partial charge in [-0.05, 0) is 6.16 Å². The van der Waals surface area contributed by atoms with E-state index in [1.807, 2.05) is 0 Å². The van der Waals surface area contributed by atoms with Crippen LogP contribution in [0.15, 0.2) is 0 Å². The van der Waals surface area contributed by atoms with Gasteiger partial charge < -0.3 is 5.80 Å². The van der Waals surface area contributed by atoms with Crippen LogP contribution in [0.5, 0.6) is 0 Å². The Labute approximate surface area is 58.3 Å². The van der Waals surface area contributed by atoms with E-state index in [9.17, 15) is 0 Å². The second-order valence-corrected chi connectivity index (χ2v) is 12.1. The third kappa shape index (κ3) is 5.60. The van der Waals surface area contributed by atoms with Crippen molar-refractivity contribution in [3.63, 3.8) is 0 Å². The Morgan fingerprint density at radius 1 is 2.00 bits per heavy atom. The summed E-state index contributed by atoms with van der Waals surface area (Å²) in [5.74, 6) is 0.210. The van der Waals surface area contributed by atoms with E-state index in [-0.39, 0.29) is 5.80 Å². The molecule has 0 aliphatic heterocycles. The maximum absolute atomic E-state index is 4.88. The minimum absolute atomic E-state index is 0.210. The highest BCUT2D eigenvalue weighted by atomic mass is 127. The molecule has 0 saturated heterocycles. The van der Waals surface area contributed by atoms with Crippen molar-refractivity contribution in [3.8, 4) is 0 Å². The van der Waals surface area contributed by atoms with Gasteiger partial charge in [-0.3, -0.25) is 11.2 Å². The van der Waals surface area contributed by atoms with Crippen LogP contribution in [-0.4, -0.2) is 6.16 Å². The van der Waals surface area contributed by atoms with Crippen LogP contribution >= 0.6 is 28.6 Å². The molecular weight excluding hydrogens is 246 g/mol. The van der Waals surface area contributed by atoms with Crippen molar-refractivity contribution in [1.29, 1.82) is 0 Å². The second-order valence-electron chi connectivity index (χ2n) is 0.652. The van der Waals surface area contributed by atoms with Crippen molar-refractivity contribution in [2.45, 2.75) is 6.92 Å². The zero-order valence-electron chi connectivity index (χ0n) is 3.35. The summed E-state index contributed by atoms with van der Waals surface area (Å²) >= 11 is 7.15. The molecule has 0 rings (SSSR count). The first-order valence-corrected chi connectivity index (χ1v) is 7.90. The topological polar surface area (TPSA) is 0 Å². The van der Waals surface area contributed by atoms with Gasteiger partial charge in [-0.25, -0.2) is 28.6 Å². The third-order valence-electron chi connectivity index (χ3n) is 0.231. The molecule has 0 aliphatic rings. The molecule has 0 bridgehead atoms. The fourth-order valence-electron chi connectivity index (χ4n) is 0.101. The average Bonchev–Trinajstić information content (AvgIpc) is 1.35. The van der Waals surface area contributed by atoms with Crippen molar-refractivity contribution in [1.82, 2.24) is 0 Å². The Kier molecular flexibility index (Phi) is 6.02. The van der Waals surface area contributed by atoms with Gasteiger partial charge in [0.15, 0.2) is 0 Å². The first-order chi connectivity index (χ1) is 2.77. The smallest absolute Gasteiger partial charge is 0.0371 e. The highest BCUT2D eigenvalue weighted by Crippen LogP contribution is 2.02. The summed E-state index contributed by atoms with van der Waals surface area (Å²) in [4.78, 5) is 0. The standard InChI is InChI=1S/C2H5IPS2/c1-2-4-6(3)5/h2H2,1H3/q-1. The zero-order chi connectivity index (χ0) is 4.99. The Balaban J connectivity index is 3.43. The van der Waals surface area contributed by atoms with Crippen LogP contribution in [0.2, 0.25) is 0 Å². The van der Waals surface area contributed by atoms with E-state index in [2.05, 4.69) is 28.1 Å². The van der Waals surface area contributed by atoms with Crippen LogP contribution in [0.1, 0.15) is 6.92 Å². The first kappa shape index (κ1) is 7.60. The summed E-state index contributed by atoms with van der Waals surface area (Å²) in [6.07, 6.45) is 1.20. The minimum atomic E-state index is 0.210. The van der Waals surface area contributed by atoms with E-state index in [0.29, 0.717) is 0 Å².